The zero-order chi connectivity index (χ0) is 14.7. The summed E-state index contributed by atoms with van der Waals surface area (Å²) >= 11 is 2.17. The van der Waals surface area contributed by atoms with Crippen molar-refractivity contribution < 1.29 is 9.53 Å². The highest BCUT2D eigenvalue weighted by atomic mass is 127. The summed E-state index contributed by atoms with van der Waals surface area (Å²) in [4.78, 5) is 13.8. The number of ether oxygens (including phenoxy) is 1. The second kappa shape index (κ2) is 6.27. The van der Waals surface area contributed by atoms with Gasteiger partial charge in [-0.2, -0.15) is 5.26 Å². The molecule has 1 aromatic carbocycles. The average molecular weight is 382 g/mol. The molecule has 1 amide bonds. The molecule has 0 radical (unpaired) electrons. The van der Waals surface area contributed by atoms with Crippen LogP contribution in [0, 0.1) is 18.3 Å². The van der Waals surface area contributed by atoms with Gasteiger partial charge in [0.15, 0.2) is 6.61 Å². The zero-order valence-corrected chi connectivity index (χ0v) is 13.5. The monoisotopic (exact) mass is 382 g/mol. The number of nitrogens with zero attached hydrogens (tertiary/aromatic N) is 2. The maximum atomic E-state index is 12.0. The third kappa shape index (κ3) is 2.96. The predicted molar refractivity (Wildman–Crippen MR) is 85.5 cm³/mol. The van der Waals surface area contributed by atoms with Gasteiger partial charge in [0.2, 0.25) is 5.91 Å². The van der Waals surface area contributed by atoms with Crippen molar-refractivity contribution in [1.29, 1.82) is 5.26 Å². The van der Waals surface area contributed by atoms with Crippen molar-refractivity contribution in [1.82, 2.24) is 4.90 Å². The van der Waals surface area contributed by atoms with Gasteiger partial charge >= 0.3 is 0 Å². The number of carbonyl (C=O) groups excluding carboxylic acids is 1. The van der Waals surface area contributed by atoms with Crippen LogP contribution in [0.3, 0.4) is 0 Å². The van der Waals surface area contributed by atoms with Crippen LogP contribution in [0.4, 0.5) is 0 Å². The first-order valence-corrected chi connectivity index (χ1v) is 7.51. The van der Waals surface area contributed by atoms with E-state index in [-0.39, 0.29) is 16.4 Å². The Hall–Kier alpha value is -1.55. The van der Waals surface area contributed by atoms with Gasteiger partial charge in [0.1, 0.15) is 11.8 Å². The summed E-state index contributed by atoms with van der Waals surface area (Å²) in [6.45, 7) is 2.01. The van der Waals surface area contributed by atoms with E-state index in [4.69, 9.17) is 10.00 Å². The molecule has 0 bridgehead atoms. The van der Waals surface area contributed by atoms with Crippen LogP contribution in [0.5, 0.6) is 5.75 Å². The summed E-state index contributed by atoms with van der Waals surface area (Å²) < 4.78 is 5.29. The fourth-order valence-corrected chi connectivity index (χ4v) is 2.87. The van der Waals surface area contributed by atoms with Crippen molar-refractivity contribution in [3.8, 4) is 11.8 Å². The van der Waals surface area contributed by atoms with Crippen LogP contribution in [-0.2, 0) is 4.79 Å². The number of halogens is 1. The summed E-state index contributed by atoms with van der Waals surface area (Å²) in [6, 6.07) is 7.60. The fourth-order valence-electron chi connectivity index (χ4n) is 2.20. The van der Waals surface area contributed by atoms with Gasteiger partial charge in [0.25, 0.3) is 0 Å². The number of nitriles is 1. The van der Waals surface area contributed by atoms with Crippen LogP contribution in [0.2, 0.25) is 0 Å². The molecule has 0 saturated heterocycles. The molecule has 1 aliphatic rings. The molecule has 1 unspecified atom stereocenters. The van der Waals surface area contributed by atoms with E-state index >= 15 is 0 Å². The number of benzene rings is 1. The van der Waals surface area contributed by atoms with Crippen LogP contribution < -0.4 is 4.74 Å². The molecule has 2 rings (SSSR count). The van der Waals surface area contributed by atoms with E-state index < -0.39 is 0 Å². The maximum absolute atomic E-state index is 12.0. The molecule has 1 atom stereocenters. The molecule has 1 aliphatic heterocycles. The van der Waals surface area contributed by atoms with Gasteiger partial charge in [-0.15, -0.1) is 0 Å². The Labute approximate surface area is 132 Å². The lowest BCUT2D eigenvalue weighted by atomic mass is 10.0. The Kier molecular flexibility index (Phi) is 4.65. The number of amides is 1. The van der Waals surface area contributed by atoms with Crippen molar-refractivity contribution in [3.05, 3.63) is 35.4 Å². The average Bonchev–Trinajstić information content (AvgIpc) is 2.44. The lowest BCUT2D eigenvalue weighted by molar-refractivity contribution is -0.126. The van der Waals surface area contributed by atoms with E-state index in [1.165, 1.54) is 0 Å². The highest BCUT2D eigenvalue weighted by molar-refractivity contribution is 14.1. The molecule has 5 heteroatoms. The molecular weight excluding hydrogens is 367 g/mol. The SMILES string of the molecule is Cc1cc(OCC#N)ccc1C1=CCC(I)C(=O)N1C. The zero-order valence-electron chi connectivity index (χ0n) is 11.4. The van der Waals surface area contributed by atoms with Gasteiger partial charge in [-0.25, -0.2) is 0 Å². The van der Waals surface area contributed by atoms with Gasteiger partial charge < -0.3 is 9.64 Å². The second-order valence-corrected chi connectivity index (χ2v) is 6.12. The largest absolute Gasteiger partial charge is 0.479 e. The Morgan fingerprint density at radius 2 is 2.30 bits per heavy atom. The van der Waals surface area contributed by atoms with E-state index in [1.54, 1.807) is 11.9 Å². The molecule has 1 aromatic rings. The molecule has 0 spiro atoms. The van der Waals surface area contributed by atoms with Gasteiger partial charge in [-0.3, -0.25) is 4.79 Å². The molecular formula is C15H15IN2O2. The molecule has 4 nitrogen and oxygen atoms in total. The first-order chi connectivity index (χ1) is 9.54. The minimum Gasteiger partial charge on any atom is -0.479 e. The van der Waals surface area contributed by atoms with Crippen LogP contribution in [-0.4, -0.2) is 28.4 Å². The molecule has 0 fully saturated rings. The third-order valence-corrected chi connectivity index (χ3v) is 4.30. The molecule has 0 N–H and O–H groups in total. The summed E-state index contributed by atoms with van der Waals surface area (Å²) in [5.74, 6) is 0.803. The third-order valence-electron chi connectivity index (χ3n) is 3.26. The number of hydrogen-bond donors (Lipinski definition) is 0. The Morgan fingerprint density at radius 3 is 2.95 bits per heavy atom. The van der Waals surface area contributed by atoms with Gasteiger partial charge in [-0.05, 0) is 37.1 Å². The van der Waals surface area contributed by atoms with E-state index in [2.05, 4.69) is 28.7 Å². The van der Waals surface area contributed by atoms with Crippen LogP contribution in [0.25, 0.3) is 5.70 Å². The predicted octanol–water partition coefficient (Wildman–Crippen LogP) is 2.90. The number of allylic oxidation sites excluding steroid dienone is 1. The van der Waals surface area contributed by atoms with E-state index in [0.717, 1.165) is 23.2 Å². The number of rotatable bonds is 3. The number of hydrogen-bond acceptors (Lipinski definition) is 3. The first kappa shape index (κ1) is 14.9. The quantitative estimate of drug-likeness (QED) is 0.597. The summed E-state index contributed by atoms with van der Waals surface area (Å²) in [5, 5.41) is 8.52. The molecule has 0 aliphatic carbocycles. The van der Waals surface area contributed by atoms with Gasteiger partial charge in [0.05, 0.1) is 3.92 Å². The van der Waals surface area contributed by atoms with E-state index in [0.29, 0.717) is 5.75 Å². The highest BCUT2D eigenvalue weighted by Gasteiger charge is 2.26. The number of carbonyl (C=O) groups is 1. The number of alkyl halides is 1. The summed E-state index contributed by atoms with van der Waals surface area (Å²) in [7, 11) is 1.80. The lowest BCUT2D eigenvalue weighted by Gasteiger charge is -2.28. The van der Waals surface area contributed by atoms with Gasteiger partial charge in [0, 0.05) is 18.3 Å². The Balaban J connectivity index is 2.30. The topological polar surface area (TPSA) is 53.3 Å². The normalized spacial score (nSPS) is 18.5. The van der Waals surface area contributed by atoms with Crippen LogP contribution in [0.1, 0.15) is 17.5 Å². The van der Waals surface area contributed by atoms with E-state index in [1.807, 2.05) is 31.2 Å². The smallest absolute Gasteiger partial charge is 0.240 e. The summed E-state index contributed by atoms with van der Waals surface area (Å²) in [6.07, 6.45) is 2.85. The summed E-state index contributed by atoms with van der Waals surface area (Å²) in [5.41, 5.74) is 2.99. The first-order valence-electron chi connectivity index (χ1n) is 6.27. The van der Waals surface area contributed by atoms with Gasteiger partial charge in [-0.1, -0.05) is 28.7 Å². The van der Waals surface area contributed by atoms with Crippen molar-refractivity contribution in [3.63, 3.8) is 0 Å². The maximum Gasteiger partial charge on any atom is 0.240 e. The molecule has 0 aromatic heterocycles. The minimum atomic E-state index is 0.0138. The second-order valence-electron chi connectivity index (χ2n) is 4.61. The van der Waals surface area contributed by atoms with E-state index in [9.17, 15) is 4.79 Å². The lowest BCUT2D eigenvalue weighted by Crippen LogP contribution is -2.35. The molecule has 1 heterocycles. The molecule has 20 heavy (non-hydrogen) atoms. The standard InChI is InChI=1S/C15H15IN2O2/c1-10-9-11(20-8-7-17)3-4-12(10)14-6-5-13(16)15(19)18(14)2/h3-4,6,9,13H,5,8H2,1-2H3. The van der Waals surface area contributed by atoms with Crippen molar-refractivity contribution >= 4 is 34.2 Å². The number of aryl methyl sites for hydroxylation is 1. The van der Waals surface area contributed by atoms with Crippen molar-refractivity contribution in [2.45, 2.75) is 17.3 Å². The Morgan fingerprint density at radius 1 is 1.55 bits per heavy atom. The molecule has 0 saturated carbocycles. The Bertz CT molecular complexity index is 604. The van der Waals surface area contributed by atoms with Crippen LogP contribution >= 0.6 is 22.6 Å². The van der Waals surface area contributed by atoms with Crippen LogP contribution in [0.15, 0.2) is 24.3 Å². The van der Waals surface area contributed by atoms with Crippen molar-refractivity contribution in [2.24, 2.45) is 0 Å². The molecule has 104 valence electrons. The fraction of sp³-hybridized carbons (Fsp3) is 0.333. The minimum absolute atomic E-state index is 0.0138. The highest BCUT2D eigenvalue weighted by Crippen LogP contribution is 2.30. The van der Waals surface area contributed by atoms with Crippen molar-refractivity contribution in [2.75, 3.05) is 13.7 Å².